The lowest BCUT2D eigenvalue weighted by molar-refractivity contribution is -0.133. The maximum Gasteiger partial charge on any atom is 0.410 e. The monoisotopic (exact) mass is 258 g/mol. The molecule has 6 heteroatoms. The van der Waals surface area contributed by atoms with E-state index in [0.717, 1.165) is 0 Å². The fraction of sp³-hybridized carbons (Fsp3) is 0.833. The second-order valence-electron chi connectivity index (χ2n) is 4.80. The number of likely N-dealkylation sites (tertiary alicyclic amines) is 1. The highest BCUT2D eigenvalue weighted by Crippen LogP contribution is 2.16. The molecule has 0 aromatic rings. The fourth-order valence-corrected chi connectivity index (χ4v) is 1.81. The van der Waals surface area contributed by atoms with E-state index in [0.29, 0.717) is 25.9 Å². The Hall–Kier alpha value is -1.30. The van der Waals surface area contributed by atoms with Crippen molar-refractivity contribution in [3.63, 3.8) is 0 Å². The van der Waals surface area contributed by atoms with E-state index in [1.54, 1.807) is 11.8 Å². The van der Waals surface area contributed by atoms with Crippen LogP contribution in [0, 0.1) is 0 Å². The highest BCUT2D eigenvalue weighted by Gasteiger charge is 2.26. The van der Waals surface area contributed by atoms with Crippen LogP contribution in [-0.4, -0.2) is 48.3 Å². The fourth-order valence-electron chi connectivity index (χ4n) is 1.81. The summed E-state index contributed by atoms with van der Waals surface area (Å²) in [4.78, 5) is 24.2. The van der Waals surface area contributed by atoms with Gasteiger partial charge in [-0.3, -0.25) is 4.79 Å². The Morgan fingerprint density at radius 2 is 1.78 bits per heavy atom. The maximum atomic E-state index is 11.6. The first kappa shape index (κ1) is 14.8. The van der Waals surface area contributed by atoms with Gasteiger partial charge in [0.2, 0.25) is 5.91 Å². The zero-order chi connectivity index (χ0) is 13.7. The summed E-state index contributed by atoms with van der Waals surface area (Å²) in [6.07, 6.45) is 0.405. The van der Waals surface area contributed by atoms with E-state index in [4.69, 9.17) is 15.2 Å². The molecule has 2 amide bonds. The van der Waals surface area contributed by atoms with Crippen LogP contribution in [0.4, 0.5) is 4.79 Å². The molecule has 1 saturated heterocycles. The van der Waals surface area contributed by atoms with Crippen LogP contribution in [0.2, 0.25) is 0 Å². The van der Waals surface area contributed by atoms with Crippen LogP contribution in [0.3, 0.4) is 0 Å². The molecule has 1 unspecified atom stereocenters. The zero-order valence-electron chi connectivity index (χ0n) is 11.2. The number of hydrogen-bond acceptors (Lipinski definition) is 4. The summed E-state index contributed by atoms with van der Waals surface area (Å²) < 4.78 is 10.6. The lowest BCUT2D eigenvalue weighted by atomic mass is 10.1. The Kier molecular flexibility index (Phi) is 5.40. The van der Waals surface area contributed by atoms with Crippen molar-refractivity contribution < 1.29 is 19.1 Å². The Bertz CT molecular complexity index is 298. The molecule has 6 nitrogen and oxygen atoms in total. The number of piperidine rings is 1. The minimum Gasteiger partial charge on any atom is -0.447 e. The SMILES string of the molecule is CC(C)OC(=O)N1CCC(OC(C)C(N)=O)CC1. The van der Waals surface area contributed by atoms with Crippen LogP contribution in [0.1, 0.15) is 33.6 Å². The lowest BCUT2D eigenvalue weighted by Gasteiger charge is -2.32. The summed E-state index contributed by atoms with van der Waals surface area (Å²) in [7, 11) is 0. The van der Waals surface area contributed by atoms with Gasteiger partial charge in [0.15, 0.2) is 0 Å². The van der Waals surface area contributed by atoms with Crippen LogP contribution in [0.5, 0.6) is 0 Å². The van der Waals surface area contributed by atoms with Crippen molar-refractivity contribution in [2.75, 3.05) is 13.1 Å². The van der Waals surface area contributed by atoms with Gasteiger partial charge >= 0.3 is 6.09 Å². The van der Waals surface area contributed by atoms with Gasteiger partial charge in [0, 0.05) is 13.1 Å². The van der Waals surface area contributed by atoms with E-state index in [1.165, 1.54) is 0 Å². The van der Waals surface area contributed by atoms with Gasteiger partial charge in [-0.15, -0.1) is 0 Å². The molecule has 0 bridgehead atoms. The third-order valence-electron chi connectivity index (χ3n) is 2.83. The largest absolute Gasteiger partial charge is 0.447 e. The van der Waals surface area contributed by atoms with Crippen LogP contribution in [-0.2, 0) is 14.3 Å². The number of carbonyl (C=O) groups is 2. The van der Waals surface area contributed by atoms with Gasteiger partial charge < -0.3 is 20.1 Å². The molecule has 0 aliphatic carbocycles. The van der Waals surface area contributed by atoms with Crippen LogP contribution in [0.15, 0.2) is 0 Å². The van der Waals surface area contributed by atoms with E-state index in [9.17, 15) is 9.59 Å². The average Bonchev–Trinajstić information content (AvgIpc) is 2.28. The number of primary amides is 1. The van der Waals surface area contributed by atoms with E-state index >= 15 is 0 Å². The summed E-state index contributed by atoms with van der Waals surface area (Å²) in [5.74, 6) is -0.461. The van der Waals surface area contributed by atoms with Crippen LogP contribution in [0.25, 0.3) is 0 Å². The number of ether oxygens (including phenoxy) is 2. The quantitative estimate of drug-likeness (QED) is 0.811. The molecule has 18 heavy (non-hydrogen) atoms. The number of nitrogens with zero attached hydrogens (tertiary/aromatic N) is 1. The normalized spacial score (nSPS) is 18.8. The van der Waals surface area contributed by atoms with E-state index in [-0.39, 0.29) is 18.3 Å². The van der Waals surface area contributed by atoms with E-state index in [2.05, 4.69) is 0 Å². The van der Waals surface area contributed by atoms with Gasteiger partial charge in [-0.1, -0.05) is 0 Å². The standard InChI is InChI=1S/C12H22N2O4/c1-8(2)17-12(16)14-6-4-10(5-7-14)18-9(3)11(13)15/h8-10H,4-7H2,1-3H3,(H2,13,15). The van der Waals surface area contributed by atoms with Gasteiger partial charge in [-0.25, -0.2) is 4.79 Å². The van der Waals surface area contributed by atoms with Crippen LogP contribution < -0.4 is 5.73 Å². The predicted octanol–water partition coefficient (Wildman–Crippen LogP) is 0.886. The molecular formula is C12H22N2O4. The number of carbonyl (C=O) groups excluding carboxylic acids is 2. The maximum absolute atomic E-state index is 11.6. The first-order chi connectivity index (χ1) is 8.40. The Morgan fingerprint density at radius 1 is 1.22 bits per heavy atom. The number of nitrogens with two attached hydrogens (primary N) is 1. The highest BCUT2D eigenvalue weighted by atomic mass is 16.6. The smallest absolute Gasteiger partial charge is 0.410 e. The number of rotatable bonds is 4. The molecule has 1 fully saturated rings. The summed E-state index contributed by atoms with van der Waals surface area (Å²) in [5, 5.41) is 0. The van der Waals surface area contributed by atoms with Crippen molar-refractivity contribution in [3.8, 4) is 0 Å². The molecule has 0 aromatic carbocycles. The molecule has 1 atom stereocenters. The third-order valence-corrected chi connectivity index (χ3v) is 2.83. The Morgan fingerprint density at radius 3 is 2.22 bits per heavy atom. The molecule has 0 aromatic heterocycles. The molecule has 104 valence electrons. The number of hydrogen-bond donors (Lipinski definition) is 1. The van der Waals surface area contributed by atoms with Crippen molar-refractivity contribution in [2.24, 2.45) is 5.73 Å². The summed E-state index contributed by atoms with van der Waals surface area (Å²) in [6, 6.07) is 0. The van der Waals surface area contributed by atoms with Gasteiger partial charge in [-0.2, -0.15) is 0 Å². The lowest BCUT2D eigenvalue weighted by Crippen LogP contribution is -2.43. The molecule has 2 N–H and O–H groups in total. The first-order valence-electron chi connectivity index (χ1n) is 6.30. The van der Waals surface area contributed by atoms with Crippen molar-refractivity contribution in [2.45, 2.75) is 51.9 Å². The molecule has 1 rings (SSSR count). The van der Waals surface area contributed by atoms with Crippen molar-refractivity contribution in [3.05, 3.63) is 0 Å². The van der Waals surface area contributed by atoms with Gasteiger partial charge in [0.25, 0.3) is 0 Å². The Balaban J connectivity index is 2.32. The van der Waals surface area contributed by atoms with Crippen molar-refractivity contribution in [1.82, 2.24) is 4.90 Å². The Labute approximate surface area is 107 Å². The van der Waals surface area contributed by atoms with E-state index < -0.39 is 12.0 Å². The minimum atomic E-state index is -0.579. The molecular weight excluding hydrogens is 236 g/mol. The molecule has 1 aliphatic rings. The van der Waals surface area contributed by atoms with Gasteiger partial charge in [0.1, 0.15) is 6.10 Å². The molecule has 1 aliphatic heterocycles. The van der Waals surface area contributed by atoms with Crippen molar-refractivity contribution in [1.29, 1.82) is 0 Å². The molecule has 0 spiro atoms. The molecule has 0 saturated carbocycles. The summed E-state index contributed by atoms with van der Waals surface area (Å²) in [6.45, 7) is 6.45. The number of amides is 2. The van der Waals surface area contributed by atoms with Gasteiger partial charge in [-0.05, 0) is 33.6 Å². The average molecular weight is 258 g/mol. The van der Waals surface area contributed by atoms with Crippen LogP contribution >= 0.6 is 0 Å². The second-order valence-corrected chi connectivity index (χ2v) is 4.80. The summed E-state index contributed by atoms with van der Waals surface area (Å²) in [5.41, 5.74) is 5.14. The zero-order valence-corrected chi connectivity index (χ0v) is 11.2. The topological polar surface area (TPSA) is 81.9 Å². The van der Waals surface area contributed by atoms with Crippen molar-refractivity contribution >= 4 is 12.0 Å². The summed E-state index contributed by atoms with van der Waals surface area (Å²) >= 11 is 0. The minimum absolute atomic E-state index is 0.0180. The molecule has 0 radical (unpaired) electrons. The second kappa shape index (κ2) is 6.58. The third kappa shape index (κ3) is 4.52. The first-order valence-corrected chi connectivity index (χ1v) is 6.30. The predicted molar refractivity (Wildman–Crippen MR) is 66.0 cm³/mol. The van der Waals surface area contributed by atoms with Gasteiger partial charge in [0.05, 0.1) is 12.2 Å². The molecule has 1 heterocycles. The highest BCUT2D eigenvalue weighted by molar-refractivity contribution is 5.78. The van der Waals surface area contributed by atoms with E-state index in [1.807, 2.05) is 13.8 Å².